The number of aliphatic carboxylic acids is 1. The standard InChI is InChI=1S/C25H32N4O5S/c30-22(29-24-26-14-7-15-27-24)11-6-2-5-10-19-12-13-20(35-19)16-21(23(31)32)28-25(33)34-17-18-8-3-1-4-9-18/h1,3-4,8-9,12-13,21H,2,5-7,10-11,14-17H2,(H,28,33)(H,31,32)(H2,26,27,29,30). The number of unbranched alkanes of at least 4 members (excludes halogenated alkanes) is 2. The van der Waals surface area contributed by atoms with Gasteiger partial charge in [-0.15, -0.1) is 11.3 Å². The first kappa shape index (κ1) is 26.2. The number of aliphatic imine (C=N–C) groups is 1. The van der Waals surface area contributed by atoms with Crippen LogP contribution < -0.4 is 16.0 Å². The molecule has 0 fully saturated rings. The zero-order valence-electron chi connectivity index (χ0n) is 19.6. The van der Waals surface area contributed by atoms with Crippen molar-refractivity contribution in [3.63, 3.8) is 0 Å². The Bertz CT molecular complexity index is 1010. The van der Waals surface area contributed by atoms with E-state index in [4.69, 9.17) is 4.74 Å². The molecule has 0 bridgehead atoms. The highest BCUT2D eigenvalue weighted by atomic mass is 32.1. The van der Waals surface area contributed by atoms with Gasteiger partial charge in [-0.2, -0.15) is 0 Å². The number of guanidine groups is 1. The lowest BCUT2D eigenvalue weighted by Gasteiger charge is -2.14. The van der Waals surface area contributed by atoms with E-state index in [1.165, 1.54) is 0 Å². The predicted octanol–water partition coefficient (Wildman–Crippen LogP) is 3.24. The molecule has 0 spiro atoms. The maximum atomic E-state index is 12.1. The number of hydrogen-bond acceptors (Lipinski definition) is 7. The van der Waals surface area contributed by atoms with Gasteiger partial charge >= 0.3 is 12.1 Å². The first-order chi connectivity index (χ1) is 17.0. The molecular weight excluding hydrogens is 468 g/mol. The average molecular weight is 501 g/mol. The summed E-state index contributed by atoms with van der Waals surface area (Å²) < 4.78 is 5.14. The van der Waals surface area contributed by atoms with Crippen LogP contribution in [0.25, 0.3) is 0 Å². The minimum Gasteiger partial charge on any atom is -0.480 e. The van der Waals surface area contributed by atoms with Crippen molar-refractivity contribution < 1.29 is 24.2 Å². The summed E-state index contributed by atoms with van der Waals surface area (Å²) in [6.07, 6.45) is 4.41. The van der Waals surface area contributed by atoms with Crippen LogP contribution in [0, 0.1) is 0 Å². The second-order valence-corrected chi connectivity index (χ2v) is 9.54. The summed E-state index contributed by atoms with van der Waals surface area (Å²) in [5.41, 5.74) is 0.827. The Kier molecular flexibility index (Phi) is 10.6. The van der Waals surface area contributed by atoms with Crippen LogP contribution in [0.15, 0.2) is 47.5 Å². The van der Waals surface area contributed by atoms with Crippen molar-refractivity contribution in [1.82, 2.24) is 16.0 Å². The number of aryl methyl sites for hydroxylation is 1. The Morgan fingerprint density at radius 3 is 2.63 bits per heavy atom. The number of carbonyl (C=O) groups excluding carboxylic acids is 2. The summed E-state index contributed by atoms with van der Waals surface area (Å²) >= 11 is 1.54. The maximum Gasteiger partial charge on any atom is 0.408 e. The van der Waals surface area contributed by atoms with Gasteiger partial charge in [0.15, 0.2) is 5.96 Å². The quantitative estimate of drug-likeness (QED) is 0.331. The van der Waals surface area contributed by atoms with Crippen molar-refractivity contribution in [2.45, 2.75) is 57.6 Å². The number of ether oxygens (including phenoxy) is 1. The lowest BCUT2D eigenvalue weighted by atomic mass is 10.1. The van der Waals surface area contributed by atoms with Crippen molar-refractivity contribution in [1.29, 1.82) is 0 Å². The van der Waals surface area contributed by atoms with Crippen LogP contribution in [0.5, 0.6) is 0 Å². The number of carboxylic acid groups (broad SMARTS) is 1. The zero-order valence-corrected chi connectivity index (χ0v) is 20.4. The van der Waals surface area contributed by atoms with E-state index < -0.39 is 18.1 Å². The molecule has 2 aromatic rings. The molecule has 0 saturated heterocycles. The summed E-state index contributed by atoms with van der Waals surface area (Å²) in [7, 11) is 0. The summed E-state index contributed by atoms with van der Waals surface area (Å²) in [5.74, 6) is -0.554. The zero-order chi connectivity index (χ0) is 24.9. The Morgan fingerprint density at radius 2 is 1.89 bits per heavy atom. The molecule has 1 unspecified atom stereocenters. The minimum atomic E-state index is -1.11. The Morgan fingerprint density at radius 1 is 1.09 bits per heavy atom. The lowest BCUT2D eigenvalue weighted by molar-refractivity contribution is -0.139. The molecule has 0 aliphatic carbocycles. The third kappa shape index (κ3) is 9.78. The monoisotopic (exact) mass is 500 g/mol. The van der Waals surface area contributed by atoms with Crippen LogP contribution in [0.1, 0.15) is 47.4 Å². The van der Waals surface area contributed by atoms with Gasteiger partial charge in [0.1, 0.15) is 12.6 Å². The van der Waals surface area contributed by atoms with Crippen molar-refractivity contribution in [2.75, 3.05) is 13.1 Å². The number of alkyl carbamates (subject to hydrolysis) is 1. The molecule has 2 amide bonds. The molecule has 188 valence electrons. The molecule has 9 nitrogen and oxygen atoms in total. The topological polar surface area (TPSA) is 129 Å². The molecular formula is C25H32N4O5S. The lowest BCUT2D eigenvalue weighted by Crippen LogP contribution is -2.43. The normalized spacial score (nSPS) is 13.8. The van der Waals surface area contributed by atoms with Crippen LogP contribution in [0.2, 0.25) is 0 Å². The summed E-state index contributed by atoms with van der Waals surface area (Å²) in [6.45, 7) is 1.66. The Labute approximate surface area is 209 Å². The SMILES string of the molecule is O=C(CCCCCc1ccc(CC(NC(=O)OCc2ccccc2)C(=O)O)s1)NC1=NCCCN1. The second-order valence-electron chi connectivity index (χ2n) is 8.29. The van der Waals surface area contributed by atoms with E-state index in [-0.39, 0.29) is 18.9 Å². The van der Waals surface area contributed by atoms with E-state index in [2.05, 4.69) is 20.9 Å². The second kappa shape index (κ2) is 14.1. The van der Waals surface area contributed by atoms with Crippen LogP contribution >= 0.6 is 11.3 Å². The van der Waals surface area contributed by atoms with Gasteiger partial charge in [0.25, 0.3) is 0 Å². The maximum absolute atomic E-state index is 12.1. The van der Waals surface area contributed by atoms with Gasteiger partial charge in [0.05, 0.1) is 0 Å². The molecule has 1 atom stereocenters. The van der Waals surface area contributed by atoms with E-state index in [9.17, 15) is 19.5 Å². The highest BCUT2D eigenvalue weighted by Crippen LogP contribution is 2.21. The minimum absolute atomic E-state index is 0.0222. The fraction of sp³-hybridized carbons (Fsp3) is 0.440. The van der Waals surface area contributed by atoms with Crippen molar-refractivity contribution in [3.05, 3.63) is 57.8 Å². The average Bonchev–Trinajstić information content (AvgIpc) is 3.30. The number of nitrogens with zero attached hydrogens (tertiary/aromatic N) is 1. The number of nitrogens with one attached hydrogen (secondary N) is 3. The number of benzene rings is 1. The fourth-order valence-corrected chi connectivity index (χ4v) is 4.65. The molecule has 3 rings (SSSR count). The molecule has 2 heterocycles. The molecule has 35 heavy (non-hydrogen) atoms. The van der Waals surface area contributed by atoms with Crippen LogP contribution in [-0.4, -0.2) is 48.2 Å². The molecule has 1 aliphatic rings. The molecule has 1 aromatic carbocycles. The molecule has 10 heteroatoms. The fourth-order valence-electron chi connectivity index (χ4n) is 3.55. The molecule has 1 aromatic heterocycles. The van der Waals surface area contributed by atoms with Gasteiger partial charge in [-0.3, -0.25) is 15.1 Å². The van der Waals surface area contributed by atoms with Gasteiger partial charge in [-0.05, 0) is 43.4 Å². The summed E-state index contributed by atoms with van der Waals surface area (Å²) in [6, 6.07) is 12.0. The molecule has 0 saturated carbocycles. The first-order valence-electron chi connectivity index (χ1n) is 11.9. The van der Waals surface area contributed by atoms with Gasteiger partial charge in [0, 0.05) is 35.7 Å². The van der Waals surface area contributed by atoms with E-state index in [0.717, 1.165) is 60.5 Å². The van der Waals surface area contributed by atoms with Crippen molar-refractivity contribution in [2.24, 2.45) is 4.99 Å². The van der Waals surface area contributed by atoms with Gasteiger partial charge in [-0.25, -0.2) is 9.59 Å². The van der Waals surface area contributed by atoms with Crippen LogP contribution in [-0.2, 0) is 33.8 Å². The third-order valence-electron chi connectivity index (χ3n) is 5.41. The summed E-state index contributed by atoms with van der Waals surface area (Å²) in [4.78, 5) is 41.9. The van der Waals surface area contributed by atoms with Crippen molar-refractivity contribution in [3.8, 4) is 0 Å². The van der Waals surface area contributed by atoms with Gasteiger partial charge < -0.3 is 20.5 Å². The van der Waals surface area contributed by atoms with Crippen LogP contribution in [0.3, 0.4) is 0 Å². The highest BCUT2D eigenvalue weighted by molar-refractivity contribution is 7.12. The third-order valence-corrected chi connectivity index (χ3v) is 6.57. The number of thiophene rings is 1. The molecule has 0 radical (unpaired) electrons. The number of hydrogen-bond donors (Lipinski definition) is 4. The van der Waals surface area contributed by atoms with E-state index in [0.29, 0.717) is 12.4 Å². The van der Waals surface area contributed by atoms with Crippen molar-refractivity contribution >= 4 is 35.3 Å². The smallest absolute Gasteiger partial charge is 0.408 e. The van der Waals surface area contributed by atoms with E-state index in [1.54, 1.807) is 11.3 Å². The number of carbonyl (C=O) groups is 3. The molecule has 1 aliphatic heterocycles. The van der Waals surface area contributed by atoms with E-state index >= 15 is 0 Å². The van der Waals surface area contributed by atoms with E-state index in [1.807, 2.05) is 42.5 Å². The number of amides is 2. The van der Waals surface area contributed by atoms with Gasteiger partial charge in [0.2, 0.25) is 5.91 Å². The Hall–Kier alpha value is -3.40. The predicted molar refractivity (Wildman–Crippen MR) is 134 cm³/mol. The first-order valence-corrected chi connectivity index (χ1v) is 12.7. The largest absolute Gasteiger partial charge is 0.480 e. The summed E-state index contributed by atoms with van der Waals surface area (Å²) in [5, 5.41) is 17.8. The van der Waals surface area contributed by atoms with Gasteiger partial charge in [-0.1, -0.05) is 36.8 Å². The highest BCUT2D eigenvalue weighted by Gasteiger charge is 2.22. The number of rotatable bonds is 12. The molecule has 4 N–H and O–H groups in total. The van der Waals surface area contributed by atoms with Crippen LogP contribution in [0.4, 0.5) is 4.79 Å². The number of carboxylic acids is 1. The Balaban J connectivity index is 1.34.